The lowest BCUT2D eigenvalue weighted by molar-refractivity contribution is 0.307. The summed E-state index contributed by atoms with van der Waals surface area (Å²) in [6.45, 7) is 0.502. The Hall–Kier alpha value is -2.13. The van der Waals surface area contributed by atoms with E-state index < -0.39 is 0 Å². The van der Waals surface area contributed by atoms with Crippen molar-refractivity contribution in [1.29, 1.82) is 0 Å². The fourth-order valence-corrected chi connectivity index (χ4v) is 2.42. The Morgan fingerprint density at radius 2 is 1.90 bits per heavy atom. The van der Waals surface area contributed by atoms with Gasteiger partial charge in [0.25, 0.3) is 0 Å². The van der Waals surface area contributed by atoms with Crippen molar-refractivity contribution in [2.24, 2.45) is 7.05 Å². The van der Waals surface area contributed by atoms with Gasteiger partial charge in [0.05, 0.1) is 0 Å². The molecule has 0 saturated heterocycles. The molecule has 3 aromatic rings. The molecule has 3 nitrogen and oxygen atoms in total. The average molecular weight is 287 g/mol. The summed E-state index contributed by atoms with van der Waals surface area (Å²) in [5.74, 6) is 0.801. The molecular weight excluding hydrogens is 272 g/mol. The van der Waals surface area contributed by atoms with E-state index in [-0.39, 0.29) is 0 Å². The first-order valence-electron chi connectivity index (χ1n) is 6.35. The Kier molecular flexibility index (Phi) is 3.28. The second-order valence-corrected chi connectivity index (χ2v) is 5.22. The lowest BCUT2D eigenvalue weighted by Crippen LogP contribution is -1.94. The fourth-order valence-electron chi connectivity index (χ4n) is 2.30. The maximum Gasteiger partial charge on any atom is 0.119 e. The number of hydrogen-bond donors (Lipinski definition) is 1. The topological polar surface area (TPSA) is 40.2 Å². The van der Waals surface area contributed by atoms with Crippen LogP contribution in [0.25, 0.3) is 10.9 Å². The number of fused-ring (bicyclic) bond motifs is 1. The van der Waals surface area contributed by atoms with E-state index >= 15 is 0 Å². The first-order chi connectivity index (χ1) is 9.63. The van der Waals surface area contributed by atoms with Crippen molar-refractivity contribution in [3.05, 3.63) is 59.2 Å². The zero-order chi connectivity index (χ0) is 14.1. The molecule has 1 heterocycles. The molecule has 2 N–H and O–H groups in total. The molecule has 0 spiro atoms. The minimum absolute atomic E-state index is 0.502. The van der Waals surface area contributed by atoms with Gasteiger partial charge in [0.15, 0.2) is 0 Å². The van der Waals surface area contributed by atoms with Gasteiger partial charge in [-0.3, -0.25) is 0 Å². The molecule has 0 aliphatic heterocycles. The van der Waals surface area contributed by atoms with Crippen molar-refractivity contribution >= 4 is 28.2 Å². The molecule has 2 aromatic carbocycles. The average Bonchev–Trinajstić information content (AvgIpc) is 2.74. The van der Waals surface area contributed by atoms with Crippen LogP contribution < -0.4 is 10.5 Å². The Morgan fingerprint density at radius 3 is 2.65 bits per heavy atom. The highest BCUT2D eigenvalue weighted by molar-refractivity contribution is 6.30. The molecular formula is C16H15ClN2O. The monoisotopic (exact) mass is 286 g/mol. The van der Waals surface area contributed by atoms with E-state index in [0.717, 1.165) is 27.9 Å². The number of rotatable bonds is 3. The molecule has 0 aliphatic carbocycles. The lowest BCUT2D eigenvalue weighted by Gasteiger charge is -2.05. The van der Waals surface area contributed by atoms with E-state index in [1.807, 2.05) is 49.5 Å². The highest BCUT2D eigenvalue weighted by Crippen LogP contribution is 2.25. The minimum Gasteiger partial charge on any atom is -0.489 e. The molecule has 0 radical (unpaired) electrons. The van der Waals surface area contributed by atoms with Crippen molar-refractivity contribution in [2.45, 2.75) is 6.61 Å². The van der Waals surface area contributed by atoms with Gasteiger partial charge >= 0.3 is 0 Å². The number of nitrogens with zero attached hydrogens (tertiary/aromatic N) is 1. The van der Waals surface area contributed by atoms with Gasteiger partial charge < -0.3 is 15.0 Å². The fraction of sp³-hybridized carbons (Fsp3) is 0.125. The second-order valence-electron chi connectivity index (χ2n) is 4.78. The van der Waals surface area contributed by atoms with Crippen LogP contribution in [-0.2, 0) is 13.7 Å². The standard InChI is InChI=1S/C16H15ClN2O/c1-19-9-11(15-8-13(18)4-7-16(15)19)10-20-14-5-2-12(17)3-6-14/h2-9H,10,18H2,1H3. The van der Waals surface area contributed by atoms with Gasteiger partial charge in [-0.15, -0.1) is 0 Å². The zero-order valence-electron chi connectivity index (χ0n) is 11.1. The number of hydrogen-bond acceptors (Lipinski definition) is 2. The predicted molar refractivity (Wildman–Crippen MR) is 83.1 cm³/mol. The number of anilines is 1. The van der Waals surface area contributed by atoms with Crippen LogP contribution in [-0.4, -0.2) is 4.57 Å². The lowest BCUT2D eigenvalue weighted by atomic mass is 10.1. The summed E-state index contributed by atoms with van der Waals surface area (Å²) >= 11 is 5.85. The van der Waals surface area contributed by atoms with Gasteiger partial charge in [0.2, 0.25) is 0 Å². The van der Waals surface area contributed by atoms with Crippen molar-refractivity contribution in [1.82, 2.24) is 4.57 Å². The molecule has 0 bridgehead atoms. The summed E-state index contributed by atoms with van der Waals surface area (Å²) in [7, 11) is 2.02. The Labute approximate surface area is 122 Å². The van der Waals surface area contributed by atoms with Gasteiger partial charge in [0.1, 0.15) is 12.4 Å². The van der Waals surface area contributed by atoms with Crippen molar-refractivity contribution in [3.8, 4) is 5.75 Å². The highest BCUT2D eigenvalue weighted by atomic mass is 35.5. The van der Waals surface area contributed by atoms with Crippen LogP contribution in [0.2, 0.25) is 5.02 Å². The molecule has 4 heteroatoms. The number of aromatic nitrogens is 1. The number of nitrogens with two attached hydrogens (primary N) is 1. The molecule has 20 heavy (non-hydrogen) atoms. The summed E-state index contributed by atoms with van der Waals surface area (Å²) in [6, 6.07) is 13.3. The summed E-state index contributed by atoms with van der Waals surface area (Å²) in [6.07, 6.45) is 2.07. The first kappa shape index (κ1) is 12.9. The van der Waals surface area contributed by atoms with Crippen molar-refractivity contribution in [2.75, 3.05) is 5.73 Å². The van der Waals surface area contributed by atoms with Crippen LogP contribution in [0.1, 0.15) is 5.56 Å². The Bertz CT molecular complexity index is 747. The SMILES string of the molecule is Cn1cc(COc2ccc(Cl)cc2)c2cc(N)ccc21. The van der Waals surface area contributed by atoms with Crippen molar-refractivity contribution < 1.29 is 4.74 Å². The van der Waals surface area contributed by atoms with Gasteiger partial charge in [-0.05, 0) is 42.5 Å². The molecule has 102 valence electrons. The highest BCUT2D eigenvalue weighted by Gasteiger charge is 2.07. The molecule has 0 aliphatic rings. The molecule has 3 rings (SSSR count). The smallest absolute Gasteiger partial charge is 0.119 e. The summed E-state index contributed by atoms with van der Waals surface area (Å²) < 4.78 is 7.87. The van der Waals surface area contributed by atoms with Crippen LogP contribution in [0.3, 0.4) is 0 Å². The summed E-state index contributed by atoms with van der Waals surface area (Å²) in [4.78, 5) is 0. The molecule has 0 unspecified atom stereocenters. The number of nitrogen functional groups attached to an aromatic ring is 1. The maximum atomic E-state index is 5.86. The zero-order valence-corrected chi connectivity index (χ0v) is 11.9. The van der Waals surface area contributed by atoms with E-state index in [4.69, 9.17) is 22.1 Å². The number of halogens is 1. The van der Waals surface area contributed by atoms with Crippen LogP contribution in [0.4, 0.5) is 5.69 Å². The summed E-state index contributed by atoms with van der Waals surface area (Å²) in [5, 5.41) is 1.83. The minimum atomic E-state index is 0.502. The number of aryl methyl sites for hydroxylation is 1. The van der Waals surface area contributed by atoms with Gasteiger partial charge in [-0.1, -0.05) is 11.6 Å². The first-order valence-corrected chi connectivity index (χ1v) is 6.73. The maximum absolute atomic E-state index is 5.86. The van der Waals surface area contributed by atoms with Crippen LogP contribution in [0.5, 0.6) is 5.75 Å². The van der Waals surface area contributed by atoms with E-state index in [2.05, 4.69) is 10.8 Å². The van der Waals surface area contributed by atoms with E-state index in [9.17, 15) is 0 Å². The van der Waals surface area contributed by atoms with Crippen molar-refractivity contribution in [3.63, 3.8) is 0 Å². The van der Waals surface area contributed by atoms with Crippen LogP contribution in [0, 0.1) is 0 Å². The van der Waals surface area contributed by atoms with Crippen LogP contribution >= 0.6 is 11.6 Å². The quantitative estimate of drug-likeness (QED) is 0.740. The molecule has 0 fully saturated rings. The van der Waals surface area contributed by atoms with E-state index in [1.165, 1.54) is 0 Å². The predicted octanol–water partition coefficient (Wildman–Crippen LogP) is 3.99. The van der Waals surface area contributed by atoms with Gasteiger partial charge in [-0.2, -0.15) is 0 Å². The summed E-state index contributed by atoms with van der Waals surface area (Å²) in [5.41, 5.74) is 8.88. The van der Waals surface area contributed by atoms with E-state index in [1.54, 1.807) is 0 Å². The molecule has 0 atom stereocenters. The van der Waals surface area contributed by atoms with Crippen LogP contribution in [0.15, 0.2) is 48.7 Å². The third-order valence-electron chi connectivity index (χ3n) is 3.30. The normalized spacial score (nSPS) is 10.9. The number of benzene rings is 2. The molecule has 1 aromatic heterocycles. The molecule has 0 saturated carbocycles. The largest absolute Gasteiger partial charge is 0.489 e. The number of ether oxygens (including phenoxy) is 1. The van der Waals surface area contributed by atoms with Gasteiger partial charge in [-0.25, -0.2) is 0 Å². The molecule has 0 amide bonds. The Balaban J connectivity index is 1.87. The third kappa shape index (κ3) is 2.45. The Morgan fingerprint density at radius 1 is 1.15 bits per heavy atom. The van der Waals surface area contributed by atoms with E-state index in [0.29, 0.717) is 11.6 Å². The van der Waals surface area contributed by atoms with Gasteiger partial charge in [0, 0.05) is 40.4 Å². The third-order valence-corrected chi connectivity index (χ3v) is 3.56. The second kappa shape index (κ2) is 5.10.